The van der Waals surface area contributed by atoms with Gasteiger partial charge in [-0.2, -0.15) is 0 Å². The number of rotatable bonds is 1. The van der Waals surface area contributed by atoms with Gasteiger partial charge in [-0.25, -0.2) is 0 Å². The molecule has 0 aliphatic carbocycles. The van der Waals surface area contributed by atoms with E-state index in [1.54, 1.807) is 0 Å². The standard InChI is InChI=1S/C12H24N2/c1-10-5-7-13-9-11(10)14-8-4-6-12(14,2)3/h10-11,13H,4-9H2,1-3H3. The van der Waals surface area contributed by atoms with Gasteiger partial charge >= 0.3 is 0 Å². The molecule has 0 aromatic heterocycles. The Bertz CT molecular complexity index is 200. The second-order valence-corrected chi connectivity index (χ2v) is 5.65. The molecule has 0 aromatic carbocycles. The van der Waals surface area contributed by atoms with Crippen LogP contribution in [0.2, 0.25) is 0 Å². The predicted molar refractivity (Wildman–Crippen MR) is 60.5 cm³/mol. The molecule has 2 unspecified atom stereocenters. The molecular weight excluding hydrogens is 172 g/mol. The van der Waals surface area contributed by atoms with E-state index >= 15 is 0 Å². The van der Waals surface area contributed by atoms with E-state index in [0.717, 1.165) is 12.0 Å². The summed E-state index contributed by atoms with van der Waals surface area (Å²) in [6.45, 7) is 10.9. The molecule has 0 aromatic rings. The van der Waals surface area contributed by atoms with Gasteiger partial charge in [0, 0.05) is 18.1 Å². The first-order chi connectivity index (χ1) is 6.61. The minimum atomic E-state index is 0.442. The zero-order valence-electron chi connectivity index (χ0n) is 9.84. The summed E-state index contributed by atoms with van der Waals surface area (Å²) in [5.74, 6) is 0.869. The molecule has 14 heavy (non-hydrogen) atoms. The topological polar surface area (TPSA) is 15.3 Å². The molecule has 2 nitrogen and oxygen atoms in total. The zero-order valence-corrected chi connectivity index (χ0v) is 9.84. The van der Waals surface area contributed by atoms with Gasteiger partial charge in [-0.1, -0.05) is 6.92 Å². The van der Waals surface area contributed by atoms with Crippen molar-refractivity contribution in [2.75, 3.05) is 19.6 Å². The lowest BCUT2D eigenvalue weighted by atomic mass is 9.90. The summed E-state index contributed by atoms with van der Waals surface area (Å²) >= 11 is 0. The smallest absolute Gasteiger partial charge is 0.0251 e. The maximum Gasteiger partial charge on any atom is 0.0251 e. The lowest BCUT2D eigenvalue weighted by Gasteiger charge is -2.43. The Morgan fingerprint density at radius 3 is 2.71 bits per heavy atom. The van der Waals surface area contributed by atoms with Crippen molar-refractivity contribution in [3.8, 4) is 0 Å². The molecule has 2 heteroatoms. The normalized spacial score (nSPS) is 38.8. The second kappa shape index (κ2) is 3.82. The number of nitrogens with one attached hydrogen (secondary N) is 1. The monoisotopic (exact) mass is 196 g/mol. The van der Waals surface area contributed by atoms with E-state index in [4.69, 9.17) is 0 Å². The minimum absolute atomic E-state index is 0.442. The van der Waals surface area contributed by atoms with Crippen LogP contribution in [-0.4, -0.2) is 36.1 Å². The Balaban J connectivity index is 2.05. The quantitative estimate of drug-likeness (QED) is 0.688. The van der Waals surface area contributed by atoms with E-state index in [-0.39, 0.29) is 0 Å². The Morgan fingerprint density at radius 1 is 1.36 bits per heavy atom. The largest absolute Gasteiger partial charge is 0.315 e. The van der Waals surface area contributed by atoms with Gasteiger partial charge < -0.3 is 5.32 Å². The van der Waals surface area contributed by atoms with Gasteiger partial charge in [0.2, 0.25) is 0 Å². The molecule has 1 N–H and O–H groups in total. The van der Waals surface area contributed by atoms with Crippen molar-refractivity contribution >= 4 is 0 Å². The average molecular weight is 196 g/mol. The maximum atomic E-state index is 3.54. The molecule has 2 atom stereocenters. The third-order valence-corrected chi connectivity index (χ3v) is 4.15. The molecule has 0 bridgehead atoms. The van der Waals surface area contributed by atoms with Crippen LogP contribution in [0.15, 0.2) is 0 Å². The maximum absolute atomic E-state index is 3.54. The molecule has 2 saturated heterocycles. The SMILES string of the molecule is CC1CCNCC1N1CCCC1(C)C. The molecule has 2 rings (SSSR count). The van der Waals surface area contributed by atoms with Crippen LogP contribution < -0.4 is 5.32 Å². The first-order valence-electron chi connectivity index (χ1n) is 6.09. The van der Waals surface area contributed by atoms with E-state index in [0.29, 0.717) is 5.54 Å². The van der Waals surface area contributed by atoms with E-state index in [1.807, 2.05) is 0 Å². The van der Waals surface area contributed by atoms with Crippen LogP contribution in [0.3, 0.4) is 0 Å². The van der Waals surface area contributed by atoms with Crippen LogP contribution in [0.5, 0.6) is 0 Å². The van der Waals surface area contributed by atoms with Crippen molar-refractivity contribution in [1.29, 1.82) is 0 Å². The Hall–Kier alpha value is -0.0800. The summed E-state index contributed by atoms with van der Waals surface area (Å²) in [5, 5.41) is 3.54. The van der Waals surface area contributed by atoms with Crippen LogP contribution >= 0.6 is 0 Å². The first-order valence-corrected chi connectivity index (χ1v) is 6.09. The van der Waals surface area contributed by atoms with Gasteiger partial charge in [0.15, 0.2) is 0 Å². The van der Waals surface area contributed by atoms with Gasteiger partial charge in [-0.15, -0.1) is 0 Å². The molecule has 0 amide bonds. The van der Waals surface area contributed by atoms with Crippen LogP contribution in [0, 0.1) is 5.92 Å². The second-order valence-electron chi connectivity index (χ2n) is 5.65. The number of hydrogen-bond donors (Lipinski definition) is 1. The van der Waals surface area contributed by atoms with E-state index in [9.17, 15) is 0 Å². The Morgan fingerprint density at radius 2 is 2.14 bits per heavy atom. The molecule has 0 spiro atoms. The summed E-state index contributed by atoms with van der Waals surface area (Å²) in [4.78, 5) is 2.74. The van der Waals surface area contributed by atoms with E-state index < -0.39 is 0 Å². The fraction of sp³-hybridized carbons (Fsp3) is 1.00. The zero-order chi connectivity index (χ0) is 10.2. The van der Waals surface area contributed by atoms with Gasteiger partial charge in [-0.3, -0.25) is 4.90 Å². The molecular formula is C12H24N2. The molecule has 2 aliphatic rings. The van der Waals surface area contributed by atoms with Crippen molar-refractivity contribution in [3.05, 3.63) is 0 Å². The average Bonchev–Trinajstić information content (AvgIpc) is 2.46. The van der Waals surface area contributed by atoms with Crippen molar-refractivity contribution in [2.24, 2.45) is 5.92 Å². The number of hydrogen-bond acceptors (Lipinski definition) is 2. The van der Waals surface area contributed by atoms with Gasteiger partial charge in [0.25, 0.3) is 0 Å². The number of nitrogens with zero attached hydrogens (tertiary/aromatic N) is 1. The summed E-state index contributed by atoms with van der Waals surface area (Å²) in [7, 11) is 0. The third-order valence-electron chi connectivity index (χ3n) is 4.15. The highest BCUT2D eigenvalue weighted by Gasteiger charge is 2.39. The molecule has 0 saturated carbocycles. The Kier molecular flexibility index (Phi) is 2.85. The molecule has 82 valence electrons. The molecule has 2 heterocycles. The van der Waals surface area contributed by atoms with Crippen molar-refractivity contribution in [2.45, 2.75) is 51.6 Å². The Labute approximate surface area is 88.1 Å². The molecule has 2 fully saturated rings. The van der Waals surface area contributed by atoms with Crippen LogP contribution in [0.4, 0.5) is 0 Å². The van der Waals surface area contributed by atoms with Gasteiger partial charge in [0.1, 0.15) is 0 Å². The van der Waals surface area contributed by atoms with Gasteiger partial charge in [-0.05, 0) is 52.1 Å². The summed E-state index contributed by atoms with van der Waals surface area (Å²) in [5.41, 5.74) is 0.442. The summed E-state index contributed by atoms with van der Waals surface area (Å²) < 4.78 is 0. The van der Waals surface area contributed by atoms with Crippen LogP contribution in [0.1, 0.15) is 40.0 Å². The lowest BCUT2D eigenvalue weighted by molar-refractivity contribution is 0.0658. The highest BCUT2D eigenvalue weighted by molar-refractivity contribution is 4.95. The highest BCUT2D eigenvalue weighted by atomic mass is 15.3. The fourth-order valence-corrected chi connectivity index (χ4v) is 3.13. The number of likely N-dealkylation sites (tertiary alicyclic amines) is 1. The van der Waals surface area contributed by atoms with Crippen LogP contribution in [-0.2, 0) is 0 Å². The third kappa shape index (κ3) is 1.82. The molecule has 2 aliphatic heterocycles. The van der Waals surface area contributed by atoms with Gasteiger partial charge in [0.05, 0.1) is 0 Å². The first kappa shape index (κ1) is 10.4. The summed E-state index contributed by atoms with van der Waals surface area (Å²) in [6, 6.07) is 0.779. The lowest BCUT2D eigenvalue weighted by Crippen LogP contribution is -2.55. The van der Waals surface area contributed by atoms with Crippen molar-refractivity contribution in [1.82, 2.24) is 10.2 Å². The van der Waals surface area contributed by atoms with Crippen molar-refractivity contribution < 1.29 is 0 Å². The predicted octanol–water partition coefficient (Wildman–Crippen LogP) is 1.86. The minimum Gasteiger partial charge on any atom is -0.315 e. The number of piperidine rings is 1. The van der Waals surface area contributed by atoms with E-state index in [2.05, 4.69) is 31.0 Å². The van der Waals surface area contributed by atoms with Crippen LogP contribution in [0.25, 0.3) is 0 Å². The fourth-order valence-electron chi connectivity index (χ4n) is 3.13. The van der Waals surface area contributed by atoms with Crippen molar-refractivity contribution in [3.63, 3.8) is 0 Å². The summed E-state index contributed by atoms with van der Waals surface area (Å²) in [6.07, 6.45) is 4.10. The van der Waals surface area contributed by atoms with E-state index in [1.165, 1.54) is 38.9 Å². The highest BCUT2D eigenvalue weighted by Crippen LogP contribution is 2.33. The molecule has 0 radical (unpaired) electrons.